The molecular weight excluding hydrogens is 710 g/mol. The van der Waals surface area contributed by atoms with Crippen LogP contribution in [0.25, 0.3) is 50.5 Å². The molecule has 4 nitrogen and oxygen atoms in total. The quantitative estimate of drug-likeness (QED) is 0.173. The summed E-state index contributed by atoms with van der Waals surface area (Å²) in [4.78, 5) is 9.88. The molecule has 5 aromatic carbocycles. The Balaban J connectivity index is 0.00000329. The van der Waals surface area contributed by atoms with Crippen molar-refractivity contribution in [3.05, 3.63) is 157 Å². The normalized spacial score (nSPS) is 11.7. The van der Waals surface area contributed by atoms with Gasteiger partial charge in [-0.3, -0.25) is 9.55 Å². The molecule has 0 bridgehead atoms. The van der Waals surface area contributed by atoms with Gasteiger partial charge in [0.25, 0.3) is 0 Å². The van der Waals surface area contributed by atoms with Crippen LogP contribution in [-0.4, -0.2) is 19.6 Å². The van der Waals surface area contributed by atoms with Crippen LogP contribution in [0.4, 0.5) is 0 Å². The number of imidazole rings is 1. The summed E-state index contributed by atoms with van der Waals surface area (Å²) in [6.07, 6.45) is 1.83. The van der Waals surface area contributed by atoms with Gasteiger partial charge in [0.1, 0.15) is 11.6 Å². The van der Waals surface area contributed by atoms with E-state index >= 15 is 0 Å². The first-order valence-corrected chi connectivity index (χ1v) is 14.1. The summed E-state index contributed by atoms with van der Waals surface area (Å²) >= 11 is 0. The van der Waals surface area contributed by atoms with Crippen LogP contribution in [0, 0.1) is 6.07 Å². The smallest absolute Gasteiger partial charge is 0.148 e. The molecule has 1 atom stereocenters. The molecule has 0 amide bonds. The second-order valence-electron chi connectivity index (χ2n) is 10.3. The maximum Gasteiger partial charge on any atom is 0.148 e. The van der Waals surface area contributed by atoms with Crippen LogP contribution in [0.1, 0.15) is 24.0 Å². The Morgan fingerprint density at radius 2 is 1.40 bits per heavy atom. The standard InChI is InChI=1S/C38H28N3O.Pt/c1-26(27-13-4-2-5-14-27)30-23-22-28(25-33(30)34-19-10-11-24-39-34)31-18-12-20-35-37(31)40-38(32-17-8-9-21-36(32)42)41(35)29-15-6-3-7-16-29;/h2-24,26,42H,1H3;/q-1;. The van der Waals surface area contributed by atoms with E-state index in [4.69, 9.17) is 9.97 Å². The number of nitrogens with zero attached hydrogens (tertiary/aromatic N) is 3. The fourth-order valence-corrected chi connectivity index (χ4v) is 5.67. The van der Waals surface area contributed by atoms with Gasteiger partial charge in [-0.1, -0.05) is 103 Å². The third kappa shape index (κ3) is 5.31. The predicted octanol–water partition coefficient (Wildman–Crippen LogP) is 9.08. The first-order chi connectivity index (χ1) is 20.7. The van der Waals surface area contributed by atoms with Gasteiger partial charge in [-0.25, -0.2) is 4.98 Å². The number of rotatable bonds is 6. The molecule has 0 aliphatic rings. The second-order valence-corrected chi connectivity index (χ2v) is 10.3. The van der Waals surface area contributed by atoms with Gasteiger partial charge >= 0.3 is 0 Å². The van der Waals surface area contributed by atoms with E-state index in [1.54, 1.807) is 6.07 Å². The van der Waals surface area contributed by atoms with Gasteiger partial charge in [-0.2, -0.15) is 0 Å². The molecule has 0 saturated carbocycles. The zero-order valence-electron chi connectivity index (χ0n) is 23.5. The van der Waals surface area contributed by atoms with E-state index in [0.717, 1.165) is 39.1 Å². The van der Waals surface area contributed by atoms with Crippen LogP contribution < -0.4 is 0 Å². The van der Waals surface area contributed by atoms with E-state index in [0.29, 0.717) is 11.4 Å². The topological polar surface area (TPSA) is 50.9 Å². The number of para-hydroxylation sites is 3. The van der Waals surface area contributed by atoms with Crippen molar-refractivity contribution in [2.45, 2.75) is 12.8 Å². The molecule has 5 heteroatoms. The number of pyridine rings is 1. The number of phenolic OH excluding ortho intramolecular Hbond substituents is 1. The fourth-order valence-electron chi connectivity index (χ4n) is 5.67. The van der Waals surface area contributed by atoms with Crippen molar-refractivity contribution in [3.63, 3.8) is 0 Å². The average molecular weight is 738 g/mol. The Morgan fingerprint density at radius 3 is 2.14 bits per heavy atom. The molecule has 7 aromatic rings. The van der Waals surface area contributed by atoms with Crippen molar-refractivity contribution in [2.24, 2.45) is 0 Å². The number of phenols is 1. The van der Waals surface area contributed by atoms with E-state index in [1.807, 2.05) is 66.9 Å². The van der Waals surface area contributed by atoms with E-state index in [-0.39, 0.29) is 32.7 Å². The van der Waals surface area contributed by atoms with E-state index < -0.39 is 0 Å². The fraction of sp³-hybridized carbons (Fsp3) is 0.0526. The summed E-state index contributed by atoms with van der Waals surface area (Å²) in [5, 5.41) is 10.8. The van der Waals surface area contributed by atoms with Gasteiger partial charge in [0.2, 0.25) is 0 Å². The summed E-state index contributed by atoms with van der Waals surface area (Å²) in [5.41, 5.74) is 9.61. The number of hydrogen-bond donors (Lipinski definition) is 1. The number of aromatic hydroxyl groups is 1. The molecule has 1 N–H and O–H groups in total. The van der Waals surface area contributed by atoms with Crippen molar-refractivity contribution in [2.75, 3.05) is 0 Å². The van der Waals surface area contributed by atoms with Crippen LogP contribution in [0.2, 0.25) is 0 Å². The average Bonchev–Trinajstić information content (AvgIpc) is 3.45. The number of benzene rings is 5. The monoisotopic (exact) mass is 737 g/mol. The Morgan fingerprint density at radius 1 is 0.698 bits per heavy atom. The van der Waals surface area contributed by atoms with E-state index in [1.165, 1.54) is 11.1 Å². The SMILES string of the molecule is CC(c1ccccc1)c1ccc(-c2cccc3c2nc(-c2ccccc2O)n3-c2ccccc2)[c-]c1-c1ccccn1.[Pt]. The van der Waals surface area contributed by atoms with Gasteiger partial charge in [0.05, 0.1) is 16.6 Å². The maximum atomic E-state index is 10.8. The number of fused-ring (bicyclic) bond motifs is 1. The summed E-state index contributed by atoms with van der Waals surface area (Å²) in [5.74, 6) is 1.03. The summed E-state index contributed by atoms with van der Waals surface area (Å²) in [6.45, 7) is 2.23. The minimum Gasteiger partial charge on any atom is -0.507 e. The molecule has 1 unspecified atom stereocenters. The zero-order valence-corrected chi connectivity index (χ0v) is 25.7. The Hall–Kier alpha value is -4.79. The molecule has 0 aliphatic heterocycles. The Bertz CT molecular complexity index is 2000. The number of aromatic nitrogens is 3. The molecule has 7 rings (SSSR count). The molecule has 0 aliphatic carbocycles. The number of hydrogen-bond acceptors (Lipinski definition) is 3. The van der Waals surface area contributed by atoms with Crippen molar-refractivity contribution >= 4 is 11.0 Å². The van der Waals surface area contributed by atoms with Gasteiger partial charge in [-0.05, 0) is 47.9 Å². The molecule has 43 heavy (non-hydrogen) atoms. The van der Waals surface area contributed by atoms with Crippen LogP contribution in [-0.2, 0) is 21.1 Å². The predicted molar refractivity (Wildman–Crippen MR) is 170 cm³/mol. The van der Waals surface area contributed by atoms with E-state index in [2.05, 4.69) is 84.3 Å². The van der Waals surface area contributed by atoms with Gasteiger partial charge < -0.3 is 5.11 Å². The second kappa shape index (κ2) is 12.2. The van der Waals surface area contributed by atoms with Gasteiger partial charge in [0.15, 0.2) is 0 Å². The molecule has 2 aromatic heterocycles. The summed E-state index contributed by atoms with van der Waals surface area (Å²) in [6, 6.07) is 48.3. The molecule has 0 spiro atoms. The summed E-state index contributed by atoms with van der Waals surface area (Å²) in [7, 11) is 0. The first-order valence-electron chi connectivity index (χ1n) is 14.1. The molecule has 2 heterocycles. The van der Waals surface area contributed by atoms with Crippen molar-refractivity contribution in [3.8, 4) is 45.2 Å². The van der Waals surface area contributed by atoms with Crippen molar-refractivity contribution < 1.29 is 26.2 Å². The Kier molecular flexibility index (Phi) is 8.05. The summed E-state index contributed by atoms with van der Waals surface area (Å²) < 4.78 is 2.11. The van der Waals surface area contributed by atoms with E-state index in [9.17, 15) is 5.11 Å². The largest absolute Gasteiger partial charge is 0.507 e. The third-order valence-corrected chi connectivity index (χ3v) is 7.80. The molecule has 212 valence electrons. The molecule has 0 saturated heterocycles. The van der Waals surface area contributed by atoms with Gasteiger partial charge in [0, 0.05) is 38.6 Å². The van der Waals surface area contributed by atoms with Crippen LogP contribution >= 0.6 is 0 Å². The minimum absolute atomic E-state index is 0. The zero-order chi connectivity index (χ0) is 28.5. The van der Waals surface area contributed by atoms with Crippen molar-refractivity contribution in [1.29, 1.82) is 0 Å². The maximum absolute atomic E-state index is 10.8. The van der Waals surface area contributed by atoms with Crippen LogP contribution in [0.3, 0.4) is 0 Å². The van der Waals surface area contributed by atoms with Gasteiger partial charge in [-0.15, -0.1) is 29.3 Å². The first kappa shape index (κ1) is 28.3. The third-order valence-electron chi connectivity index (χ3n) is 7.80. The Labute approximate surface area is 265 Å². The van der Waals surface area contributed by atoms with Crippen LogP contribution in [0.5, 0.6) is 5.75 Å². The molecular formula is C38H28N3OPt-. The van der Waals surface area contributed by atoms with Crippen molar-refractivity contribution in [1.82, 2.24) is 14.5 Å². The van der Waals surface area contributed by atoms with Crippen LogP contribution in [0.15, 0.2) is 140 Å². The molecule has 0 fully saturated rings. The minimum atomic E-state index is 0. The molecule has 0 radical (unpaired) electrons.